The van der Waals surface area contributed by atoms with Gasteiger partial charge in [-0.3, -0.25) is 9.69 Å². The number of thioether (sulfide) groups is 1. The number of hydrogen-bond donors (Lipinski definition) is 0. The highest BCUT2D eigenvalue weighted by atomic mass is 35.5. The van der Waals surface area contributed by atoms with Crippen LogP contribution in [0.25, 0.3) is 6.08 Å². The molecule has 1 amide bonds. The Morgan fingerprint density at radius 2 is 1.90 bits per heavy atom. The average Bonchev–Trinajstić information content (AvgIpc) is 2.96. The summed E-state index contributed by atoms with van der Waals surface area (Å²) >= 11 is 18.9. The largest absolute Gasteiger partial charge is 0.490 e. The van der Waals surface area contributed by atoms with Crippen molar-refractivity contribution in [2.45, 2.75) is 27.4 Å². The molecule has 2 aromatic rings. The molecular weight excluding hydrogens is 473 g/mol. The molecule has 0 unspecified atom stereocenters. The average molecular weight is 496 g/mol. The Kier molecular flexibility index (Phi) is 8.28. The number of carbonyl (C=O) groups excluding carboxylic acids is 1. The van der Waals surface area contributed by atoms with Crippen LogP contribution in [-0.2, 0) is 11.4 Å². The Hall–Kier alpha value is -1.73. The van der Waals surface area contributed by atoms with E-state index in [1.54, 1.807) is 17.0 Å². The molecule has 8 heteroatoms. The van der Waals surface area contributed by atoms with Crippen LogP contribution in [0.15, 0.2) is 41.3 Å². The maximum atomic E-state index is 12.7. The van der Waals surface area contributed by atoms with Crippen LogP contribution in [-0.4, -0.2) is 28.3 Å². The quantitative estimate of drug-likeness (QED) is 0.296. The van der Waals surface area contributed by atoms with E-state index < -0.39 is 0 Å². The summed E-state index contributed by atoms with van der Waals surface area (Å²) < 4.78 is 12.3. The highest BCUT2D eigenvalue weighted by Gasteiger charge is 2.32. The van der Waals surface area contributed by atoms with Crippen molar-refractivity contribution in [3.63, 3.8) is 0 Å². The van der Waals surface area contributed by atoms with Crippen molar-refractivity contribution in [2.24, 2.45) is 5.92 Å². The minimum absolute atomic E-state index is 0.0561. The van der Waals surface area contributed by atoms with Gasteiger partial charge in [0.15, 0.2) is 11.5 Å². The number of nitrogens with zero attached hydrogens (tertiary/aromatic N) is 1. The third-order valence-electron chi connectivity index (χ3n) is 4.38. The van der Waals surface area contributed by atoms with Gasteiger partial charge in [0, 0.05) is 22.2 Å². The first-order valence-electron chi connectivity index (χ1n) is 9.87. The molecule has 1 heterocycles. The van der Waals surface area contributed by atoms with Crippen LogP contribution in [0.2, 0.25) is 10.0 Å². The molecule has 0 atom stereocenters. The van der Waals surface area contributed by atoms with Gasteiger partial charge in [0.1, 0.15) is 10.9 Å². The van der Waals surface area contributed by atoms with Gasteiger partial charge in [-0.25, -0.2) is 0 Å². The Labute approximate surface area is 202 Å². The highest BCUT2D eigenvalue weighted by Crippen LogP contribution is 2.35. The summed E-state index contributed by atoms with van der Waals surface area (Å²) in [5.74, 6) is 1.48. The number of halogens is 2. The molecule has 0 spiro atoms. The van der Waals surface area contributed by atoms with E-state index in [0.717, 1.165) is 11.1 Å². The van der Waals surface area contributed by atoms with Crippen molar-refractivity contribution < 1.29 is 14.3 Å². The van der Waals surface area contributed by atoms with Gasteiger partial charge < -0.3 is 9.47 Å². The summed E-state index contributed by atoms with van der Waals surface area (Å²) in [7, 11) is 0. The van der Waals surface area contributed by atoms with Gasteiger partial charge in [0.2, 0.25) is 0 Å². The lowest BCUT2D eigenvalue weighted by Gasteiger charge is -2.16. The van der Waals surface area contributed by atoms with E-state index >= 15 is 0 Å². The zero-order valence-corrected chi connectivity index (χ0v) is 20.6. The van der Waals surface area contributed by atoms with Crippen molar-refractivity contribution in [1.82, 2.24) is 4.90 Å². The molecule has 0 aromatic heterocycles. The van der Waals surface area contributed by atoms with E-state index in [9.17, 15) is 4.79 Å². The summed E-state index contributed by atoms with van der Waals surface area (Å²) in [6.45, 7) is 7.41. The van der Waals surface area contributed by atoms with Gasteiger partial charge in [0.25, 0.3) is 5.91 Å². The molecule has 0 saturated carbocycles. The maximum Gasteiger partial charge on any atom is 0.266 e. The fourth-order valence-corrected chi connectivity index (χ4v) is 4.71. The molecule has 0 N–H and O–H groups in total. The molecule has 1 saturated heterocycles. The van der Waals surface area contributed by atoms with Crippen molar-refractivity contribution in [1.29, 1.82) is 0 Å². The number of benzene rings is 2. The lowest BCUT2D eigenvalue weighted by molar-refractivity contribution is -0.122. The molecule has 1 aliphatic heterocycles. The Balaban J connectivity index is 1.79. The highest BCUT2D eigenvalue weighted by molar-refractivity contribution is 8.26. The summed E-state index contributed by atoms with van der Waals surface area (Å²) in [4.78, 5) is 15.0. The Morgan fingerprint density at radius 3 is 2.58 bits per heavy atom. The first-order valence-corrected chi connectivity index (χ1v) is 11.9. The predicted octanol–water partition coefficient (Wildman–Crippen LogP) is 6.83. The van der Waals surface area contributed by atoms with Gasteiger partial charge in [-0.2, -0.15) is 0 Å². The molecule has 0 bridgehead atoms. The number of ether oxygens (including phenoxy) is 2. The second-order valence-corrected chi connectivity index (χ2v) is 9.87. The molecule has 1 aliphatic rings. The SMILES string of the molecule is CCOc1cc(/C=C2\SC(=S)N(CC(C)C)C2=O)ccc1OCc1ccc(Cl)cc1Cl. The minimum atomic E-state index is -0.0561. The summed E-state index contributed by atoms with van der Waals surface area (Å²) in [5, 5.41) is 1.12. The van der Waals surface area contributed by atoms with E-state index in [-0.39, 0.29) is 12.5 Å². The molecular formula is C23H23Cl2NO3S2. The number of amides is 1. The Bertz CT molecular complexity index is 1020. The topological polar surface area (TPSA) is 38.8 Å². The fraction of sp³-hybridized carbons (Fsp3) is 0.304. The van der Waals surface area contributed by atoms with E-state index in [2.05, 4.69) is 13.8 Å². The number of carbonyl (C=O) groups is 1. The lowest BCUT2D eigenvalue weighted by atomic mass is 10.1. The Morgan fingerprint density at radius 1 is 1.13 bits per heavy atom. The van der Waals surface area contributed by atoms with Crippen molar-refractivity contribution >= 4 is 63.5 Å². The van der Waals surface area contributed by atoms with Gasteiger partial charge in [0.05, 0.1) is 11.5 Å². The molecule has 2 aromatic carbocycles. The molecule has 3 rings (SSSR count). The fourth-order valence-electron chi connectivity index (χ4n) is 2.97. The summed E-state index contributed by atoms with van der Waals surface area (Å²) in [6.07, 6.45) is 1.84. The molecule has 1 fully saturated rings. The first kappa shape index (κ1) is 23.9. The van der Waals surface area contributed by atoms with Crippen LogP contribution < -0.4 is 9.47 Å². The summed E-state index contributed by atoms with van der Waals surface area (Å²) in [5.41, 5.74) is 1.66. The third kappa shape index (κ3) is 6.16. The van der Waals surface area contributed by atoms with Crippen molar-refractivity contribution in [3.8, 4) is 11.5 Å². The van der Waals surface area contributed by atoms with E-state index in [1.807, 2.05) is 37.3 Å². The van der Waals surface area contributed by atoms with Crippen molar-refractivity contribution in [2.75, 3.05) is 13.2 Å². The van der Waals surface area contributed by atoms with Crippen LogP contribution in [0, 0.1) is 5.92 Å². The van der Waals surface area contributed by atoms with Gasteiger partial charge in [-0.05, 0) is 48.7 Å². The van der Waals surface area contributed by atoms with E-state index in [4.69, 9.17) is 44.9 Å². The van der Waals surface area contributed by atoms with Crippen LogP contribution in [0.3, 0.4) is 0 Å². The second-order valence-electron chi connectivity index (χ2n) is 7.35. The van der Waals surface area contributed by atoms with Crippen molar-refractivity contribution in [3.05, 3.63) is 62.5 Å². The normalized spacial score (nSPS) is 15.3. The first-order chi connectivity index (χ1) is 14.8. The maximum absolute atomic E-state index is 12.7. The van der Waals surface area contributed by atoms with Gasteiger partial charge >= 0.3 is 0 Å². The van der Waals surface area contributed by atoms with Crippen LogP contribution in [0.1, 0.15) is 31.9 Å². The molecule has 4 nitrogen and oxygen atoms in total. The third-order valence-corrected chi connectivity index (χ3v) is 6.35. The molecule has 31 heavy (non-hydrogen) atoms. The molecule has 0 radical (unpaired) electrons. The predicted molar refractivity (Wildman–Crippen MR) is 133 cm³/mol. The number of rotatable bonds is 8. The lowest BCUT2D eigenvalue weighted by Crippen LogP contribution is -2.31. The molecule has 164 valence electrons. The standard InChI is InChI=1S/C23H23Cl2NO3S2/c1-4-28-20-9-15(10-21-22(27)26(12-14(2)3)23(30)31-21)5-8-19(20)29-13-16-6-7-17(24)11-18(16)25/h5-11,14H,4,12-13H2,1-3H3/b21-10-. The summed E-state index contributed by atoms with van der Waals surface area (Å²) in [6, 6.07) is 10.9. The second kappa shape index (κ2) is 10.7. The monoisotopic (exact) mass is 495 g/mol. The van der Waals surface area contributed by atoms with Gasteiger partial charge in [-0.1, -0.05) is 73.2 Å². The molecule has 0 aliphatic carbocycles. The number of thiocarbonyl (C=S) groups is 1. The van der Waals surface area contributed by atoms with Crippen LogP contribution in [0.5, 0.6) is 11.5 Å². The van der Waals surface area contributed by atoms with Gasteiger partial charge in [-0.15, -0.1) is 0 Å². The zero-order valence-electron chi connectivity index (χ0n) is 17.5. The zero-order chi connectivity index (χ0) is 22.5. The smallest absolute Gasteiger partial charge is 0.266 e. The van der Waals surface area contributed by atoms with Crippen LogP contribution in [0.4, 0.5) is 0 Å². The van der Waals surface area contributed by atoms with E-state index in [0.29, 0.717) is 49.8 Å². The number of hydrogen-bond acceptors (Lipinski definition) is 5. The van der Waals surface area contributed by atoms with E-state index in [1.165, 1.54) is 11.8 Å². The minimum Gasteiger partial charge on any atom is -0.490 e. The van der Waals surface area contributed by atoms with Crippen LogP contribution >= 0.6 is 47.2 Å².